The first-order chi connectivity index (χ1) is 8.58. The Kier molecular flexibility index (Phi) is 3.54. The molecule has 1 aliphatic heterocycles. The van der Waals surface area contributed by atoms with E-state index in [9.17, 15) is 15.0 Å². The lowest BCUT2D eigenvalue weighted by Crippen LogP contribution is -2.36. The molecule has 0 spiro atoms. The minimum atomic E-state index is -1.39. The molecular weight excluding hydrogens is 248 g/mol. The number of hydrogen-bond donors (Lipinski definition) is 5. The molecule has 5 N–H and O–H groups in total. The minimum Gasteiger partial charge on any atom is -0.394 e. The number of aliphatic hydroxyl groups is 3. The summed E-state index contributed by atoms with van der Waals surface area (Å²) in [6, 6.07) is 0. The summed E-state index contributed by atoms with van der Waals surface area (Å²) in [7, 11) is 0. The Morgan fingerprint density at radius 2 is 2.17 bits per heavy atom. The van der Waals surface area contributed by atoms with Gasteiger partial charge in [0.25, 0.3) is 5.95 Å². The molecule has 0 radical (unpaired) electrons. The third-order valence-corrected chi connectivity index (χ3v) is 2.62. The molecule has 1 aliphatic rings. The Hall–Kier alpha value is -1.59. The maximum Gasteiger partial charge on any atom is 0.354 e. The Morgan fingerprint density at radius 3 is 2.67 bits per heavy atom. The predicted molar refractivity (Wildman–Crippen MR) is 54.7 cm³/mol. The van der Waals surface area contributed by atoms with Crippen LogP contribution in [-0.2, 0) is 4.74 Å². The van der Waals surface area contributed by atoms with Crippen molar-refractivity contribution in [2.45, 2.75) is 24.5 Å². The van der Waals surface area contributed by atoms with Crippen LogP contribution in [0.4, 0.5) is 5.95 Å². The van der Waals surface area contributed by atoms with Gasteiger partial charge in [0.15, 0.2) is 6.23 Å². The Morgan fingerprint density at radius 1 is 1.44 bits per heavy atom. The van der Waals surface area contributed by atoms with E-state index in [1.54, 1.807) is 5.48 Å². The SMILES string of the molecule is O=c1nc(NO)ncn1[C@@H]1O[C@H](CO)[C@@H](O)[C@H]1O. The molecule has 0 bridgehead atoms. The third-order valence-electron chi connectivity index (χ3n) is 2.62. The molecule has 0 amide bonds. The number of hydrogen-bond acceptors (Lipinski definition) is 9. The van der Waals surface area contributed by atoms with Crippen LogP contribution in [-0.4, -0.2) is 60.0 Å². The van der Waals surface area contributed by atoms with Crippen molar-refractivity contribution in [3.63, 3.8) is 0 Å². The summed E-state index contributed by atoms with van der Waals surface area (Å²) < 4.78 is 5.98. The fourth-order valence-electron chi connectivity index (χ4n) is 1.68. The van der Waals surface area contributed by atoms with Crippen molar-refractivity contribution in [1.29, 1.82) is 0 Å². The van der Waals surface area contributed by atoms with E-state index in [0.717, 1.165) is 10.9 Å². The lowest BCUT2D eigenvalue weighted by molar-refractivity contribution is -0.0554. The van der Waals surface area contributed by atoms with Gasteiger partial charge in [-0.05, 0) is 0 Å². The molecule has 10 heteroatoms. The van der Waals surface area contributed by atoms with Gasteiger partial charge in [-0.1, -0.05) is 0 Å². The highest BCUT2D eigenvalue weighted by Crippen LogP contribution is 2.27. The van der Waals surface area contributed by atoms with E-state index in [0.29, 0.717) is 0 Å². The van der Waals surface area contributed by atoms with Gasteiger partial charge in [-0.15, -0.1) is 0 Å². The van der Waals surface area contributed by atoms with E-state index >= 15 is 0 Å². The van der Waals surface area contributed by atoms with Gasteiger partial charge in [0.2, 0.25) is 0 Å². The molecule has 0 aliphatic carbocycles. The Bertz CT molecular complexity index is 479. The number of ether oxygens (including phenoxy) is 1. The highest BCUT2D eigenvalue weighted by Gasteiger charge is 2.43. The van der Waals surface area contributed by atoms with Gasteiger partial charge in [-0.3, -0.25) is 9.77 Å². The molecule has 4 atom stereocenters. The molecule has 0 unspecified atom stereocenters. The van der Waals surface area contributed by atoms with Gasteiger partial charge in [0.05, 0.1) is 6.61 Å². The summed E-state index contributed by atoms with van der Waals surface area (Å²) in [4.78, 5) is 18.5. The highest BCUT2D eigenvalue weighted by atomic mass is 16.6. The van der Waals surface area contributed by atoms with Crippen LogP contribution < -0.4 is 11.2 Å². The van der Waals surface area contributed by atoms with Gasteiger partial charge in [0, 0.05) is 0 Å². The zero-order chi connectivity index (χ0) is 13.3. The van der Waals surface area contributed by atoms with E-state index in [2.05, 4.69) is 9.97 Å². The normalized spacial score (nSPS) is 31.6. The van der Waals surface area contributed by atoms with E-state index in [-0.39, 0.29) is 5.95 Å². The number of anilines is 1. The van der Waals surface area contributed by atoms with E-state index in [1.807, 2.05) is 0 Å². The number of nitrogens with one attached hydrogen (secondary N) is 1. The van der Waals surface area contributed by atoms with Crippen molar-refractivity contribution in [3.8, 4) is 0 Å². The van der Waals surface area contributed by atoms with Crippen LogP contribution in [0.15, 0.2) is 11.1 Å². The fourth-order valence-corrected chi connectivity index (χ4v) is 1.68. The molecule has 0 aromatic carbocycles. The lowest BCUT2D eigenvalue weighted by Gasteiger charge is -2.16. The standard InChI is InChI=1S/C8H12N4O6/c13-1-3-4(14)5(15)6(18-3)12-2-9-7(11-17)10-8(12)16/h2-6,13-15,17H,1H2,(H,10,11,16)/t3-,4-,5-,6-/m1/s1. The van der Waals surface area contributed by atoms with Gasteiger partial charge in [0.1, 0.15) is 24.6 Å². The molecule has 1 fully saturated rings. The van der Waals surface area contributed by atoms with Crippen molar-refractivity contribution in [1.82, 2.24) is 14.5 Å². The summed E-state index contributed by atoms with van der Waals surface area (Å²) in [6.07, 6.45) is -3.90. The topological polar surface area (TPSA) is 150 Å². The van der Waals surface area contributed by atoms with E-state index in [1.165, 1.54) is 0 Å². The number of aliphatic hydroxyl groups excluding tert-OH is 3. The van der Waals surface area contributed by atoms with Crippen LogP contribution in [0, 0.1) is 0 Å². The summed E-state index contributed by atoms with van der Waals surface area (Å²) in [5.41, 5.74) is 0.761. The molecule has 10 nitrogen and oxygen atoms in total. The molecule has 1 saturated heterocycles. The zero-order valence-electron chi connectivity index (χ0n) is 9.04. The van der Waals surface area contributed by atoms with Crippen LogP contribution >= 0.6 is 0 Å². The smallest absolute Gasteiger partial charge is 0.354 e. The van der Waals surface area contributed by atoms with E-state index in [4.69, 9.17) is 15.1 Å². The van der Waals surface area contributed by atoms with Gasteiger partial charge >= 0.3 is 5.69 Å². The molecule has 0 saturated carbocycles. The molecule has 2 heterocycles. The minimum absolute atomic E-state index is 0.303. The molecule has 1 aromatic rings. The molecular formula is C8H12N4O6. The molecule has 2 rings (SSSR count). The monoisotopic (exact) mass is 260 g/mol. The second-order valence-corrected chi connectivity index (χ2v) is 3.71. The zero-order valence-corrected chi connectivity index (χ0v) is 9.04. The van der Waals surface area contributed by atoms with Crippen molar-refractivity contribution in [2.24, 2.45) is 0 Å². The molecule has 100 valence electrons. The van der Waals surface area contributed by atoms with Crippen molar-refractivity contribution in [2.75, 3.05) is 12.1 Å². The summed E-state index contributed by atoms with van der Waals surface area (Å²) >= 11 is 0. The second-order valence-electron chi connectivity index (χ2n) is 3.71. The quantitative estimate of drug-likeness (QED) is 0.359. The summed E-state index contributed by atoms with van der Waals surface area (Å²) in [5.74, 6) is -0.303. The Labute approximate surface area is 100 Å². The third kappa shape index (κ3) is 2.07. The summed E-state index contributed by atoms with van der Waals surface area (Å²) in [6.45, 7) is -0.499. The number of rotatable bonds is 3. The average molecular weight is 260 g/mol. The van der Waals surface area contributed by atoms with Crippen molar-refractivity contribution in [3.05, 3.63) is 16.8 Å². The maximum atomic E-state index is 11.6. The average Bonchev–Trinajstić information content (AvgIpc) is 2.66. The van der Waals surface area contributed by atoms with Gasteiger partial charge in [-0.25, -0.2) is 15.3 Å². The van der Waals surface area contributed by atoms with Crippen LogP contribution in [0.5, 0.6) is 0 Å². The largest absolute Gasteiger partial charge is 0.394 e. The Balaban J connectivity index is 2.30. The van der Waals surface area contributed by atoms with E-state index < -0.39 is 36.8 Å². The van der Waals surface area contributed by atoms with Gasteiger partial charge in [-0.2, -0.15) is 4.98 Å². The lowest BCUT2D eigenvalue weighted by atomic mass is 10.1. The first-order valence-corrected chi connectivity index (χ1v) is 5.06. The highest BCUT2D eigenvalue weighted by molar-refractivity contribution is 5.15. The number of aromatic nitrogens is 3. The van der Waals surface area contributed by atoms with Crippen molar-refractivity contribution < 1.29 is 25.3 Å². The first kappa shape index (κ1) is 12.9. The molecule has 18 heavy (non-hydrogen) atoms. The predicted octanol–water partition coefficient (Wildman–Crippen LogP) is -2.95. The van der Waals surface area contributed by atoms with Crippen LogP contribution in [0.2, 0.25) is 0 Å². The van der Waals surface area contributed by atoms with Crippen LogP contribution in [0.25, 0.3) is 0 Å². The maximum absolute atomic E-state index is 11.6. The molecule has 1 aromatic heterocycles. The fraction of sp³-hybridized carbons (Fsp3) is 0.625. The van der Waals surface area contributed by atoms with Crippen LogP contribution in [0.1, 0.15) is 6.23 Å². The van der Waals surface area contributed by atoms with Gasteiger partial charge < -0.3 is 20.1 Å². The summed E-state index contributed by atoms with van der Waals surface area (Å²) in [5, 5.41) is 36.7. The van der Waals surface area contributed by atoms with Crippen molar-refractivity contribution >= 4 is 5.95 Å². The number of nitrogens with zero attached hydrogens (tertiary/aromatic N) is 3. The first-order valence-electron chi connectivity index (χ1n) is 5.06. The van der Waals surface area contributed by atoms with Crippen LogP contribution in [0.3, 0.4) is 0 Å². The second kappa shape index (κ2) is 4.96.